The SMILES string of the molecule is C=Cc1c(/C=C\C)oc(=O)n1CC=O. The highest BCUT2D eigenvalue weighted by Gasteiger charge is 2.10. The summed E-state index contributed by atoms with van der Waals surface area (Å²) in [7, 11) is 0. The number of rotatable bonds is 4. The van der Waals surface area contributed by atoms with Gasteiger partial charge in [-0.3, -0.25) is 4.57 Å². The second-order valence-electron chi connectivity index (χ2n) is 2.60. The van der Waals surface area contributed by atoms with Crippen molar-refractivity contribution in [3.05, 3.63) is 34.7 Å². The first kappa shape index (κ1) is 10.2. The molecule has 0 atom stereocenters. The normalized spacial score (nSPS) is 10.6. The van der Waals surface area contributed by atoms with Crippen LogP contribution in [0.1, 0.15) is 18.4 Å². The van der Waals surface area contributed by atoms with Gasteiger partial charge in [0.15, 0.2) is 5.76 Å². The molecule has 0 N–H and O–H groups in total. The second kappa shape index (κ2) is 4.41. The van der Waals surface area contributed by atoms with E-state index in [0.717, 1.165) is 0 Å². The predicted molar refractivity (Wildman–Crippen MR) is 53.8 cm³/mol. The molecule has 0 bridgehead atoms. The van der Waals surface area contributed by atoms with Crippen LogP contribution in [0.3, 0.4) is 0 Å². The van der Waals surface area contributed by atoms with E-state index < -0.39 is 5.76 Å². The van der Waals surface area contributed by atoms with Crippen LogP contribution in [0.2, 0.25) is 0 Å². The van der Waals surface area contributed by atoms with Crippen molar-refractivity contribution in [3.8, 4) is 0 Å². The van der Waals surface area contributed by atoms with Gasteiger partial charge in [0.25, 0.3) is 0 Å². The number of allylic oxidation sites excluding steroid dienone is 1. The number of carbonyl (C=O) groups is 1. The van der Waals surface area contributed by atoms with E-state index in [-0.39, 0.29) is 6.54 Å². The lowest BCUT2D eigenvalue weighted by Crippen LogP contribution is -2.16. The Bertz CT molecular complexity index is 423. The molecule has 1 aromatic rings. The minimum atomic E-state index is -0.542. The Kier molecular flexibility index (Phi) is 3.23. The fraction of sp³-hybridized carbons (Fsp3) is 0.200. The Balaban J connectivity index is 3.34. The molecule has 0 spiro atoms. The molecule has 0 amide bonds. The van der Waals surface area contributed by atoms with Gasteiger partial charge in [0.1, 0.15) is 6.29 Å². The Morgan fingerprint density at radius 1 is 1.57 bits per heavy atom. The Morgan fingerprint density at radius 3 is 2.79 bits per heavy atom. The van der Waals surface area contributed by atoms with Crippen LogP contribution in [0, 0.1) is 0 Å². The summed E-state index contributed by atoms with van der Waals surface area (Å²) >= 11 is 0. The molecule has 1 rings (SSSR count). The van der Waals surface area contributed by atoms with Gasteiger partial charge in [-0.15, -0.1) is 0 Å². The van der Waals surface area contributed by atoms with Crippen molar-refractivity contribution in [1.82, 2.24) is 4.57 Å². The number of carbonyl (C=O) groups excluding carboxylic acids is 1. The number of aromatic nitrogens is 1. The van der Waals surface area contributed by atoms with Crippen molar-refractivity contribution >= 4 is 18.4 Å². The van der Waals surface area contributed by atoms with Crippen molar-refractivity contribution in [1.29, 1.82) is 0 Å². The summed E-state index contributed by atoms with van der Waals surface area (Å²) in [6, 6.07) is 0. The minimum absolute atomic E-state index is 0.0127. The zero-order valence-corrected chi connectivity index (χ0v) is 7.90. The predicted octanol–water partition coefficient (Wildman–Crippen LogP) is 1.32. The third-order valence-corrected chi connectivity index (χ3v) is 1.73. The van der Waals surface area contributed by atoms with Crippen LogP contribution in [0.5, 0.6) is 0 Å². The highest BCUT2D eigenvalue weighted by molar-refractivity contribution is 5.59. The molecule has 1 heterocycles. The first-order valence-corrected chi connectivity index (χ1v) is 4.17. The molecule has 4 heteroatoms. The molecule has 0 radical (unpaired) electrons. The smallest absolute Gasteiger partial charge is 0.408 e. The van der Waals surface area contributed by atoms with Crippen molar-refractivity contribution in [3.63, 3.8) is 0 Å². The fourth-order valence-electron chi connectivity index (χ4n) is 1.16. The van der Waals surface area contributed by atoms with Gasteiger partial charge in [0.05, 0.1) is 12.2 Å². The highest BCUT2D eigenvalue weighted by Crippen LogP contribution is 2.10. The van der Waals surface area contributed by atoms with Crippen LogP contribution in [0.15, 0.2) is 21.9 Å². The van der Waals surface area contributed by atoms with Gasteiger partial charge in [-0.25, -0.2) is 4.79 Å². The van der Waals surface area contributed by atoms with E-state index in [9.17, 15) is 9.59 Å². The number of hydrogen-bond donors (Lipinski definition) is 0. The van der Waals surface area contributed by atoms with Gasteiger partial charge in [0, 0.05) is 0 Å². The van der Waals surface area contributed by atoms with E-state index >= 15 is 0 Å². The first-order chi connectivity index (χ1) is 6.74. The molecule has 0 aliphatic heterocycles. The molecule has 0 fully saturated rings. The van der Waals surface area contributed by atoms with E-state index in [2.05, 4.69) is 6.58 Å². The lowest BCUT2D eigenvalue weighted by Gasteiger charge is -1.95. The van der Waals surface area contributed by atoms with Gasteiger partial charge in [-0.05, 0) is 19.1 Å². The van der Waals surface area contributed by atoms with E-state index in [1.54, 1.807) is 12.2 Å². The van der Waals surface area contributed by atoms with E-state index in [0.29, 0.717) is 17.7 Å². The summed E-state index contributed by atoms with van der Waals surface area (Å²) in [4.78, 5) is 21.5. The van der Waals surface area contributed by atoms with Crippen LogP contribution < -0.4 is 5.76 Å². The summed E-state index contributed by atoms with van der Waals surface area (Å²) in [5.41, 5.74) is 0.528. The van der Waals surface area contributed by atoms with Crippen LogP contribution in [0.25, 0.3) is 12.2 Å². The zero-order chi connectivity index (χ0) is 10.6. The summed E-state index contributed by atoms with van der Waals surface area (Å²) in [6.07, 6.45) is 5.53. The fourth-order valence-corrected chi connectivity index (χ4v) is 1.16. The average Bonchev–Trinajstić information content (AvgIpc) is 2.44. The molecular formula is C10H11NO3. The molecule has 1 aromatic heterocycles. The maximum Gasteiger partial charge on any atom is 0.420 e. The molecule has 0 saturated heterocycles. The molecule has 0 aliphatic rings. The van der Waals surface area contributed by atoms with E-state index in [4.69, 9.17) is 4.42 Å². The summed E-state index contributed by atoms with van der Waals surface area (Å²) in [5, 5.41) is 0. The Hall–Kier alpha value is -1.84. The van der Waals surface area contributed by atoms with Gasteiger partial charge >= 0.3 is 5.76 Å². The van der Waals surface area contributed by atoms with Crippen LogP contribution >= 0.6 is 0 Å². The van der Waals surface area contributed by atoms with Gasteiger partial charge < -0.3 is 9.21 Å². The Morgan fingerprint density at radius 2 is 2.29 bits per heavy atom. The van der Waals surface area contributed by atoms with Crippen molar-refractivity contribution < 1.29 is 9.21 Å². The van der Waals surface area contributed by atoms with Gasteiger partial charge in [-0.1, -0.05) is 12.7 Å². The third kappa shape index (κ3) is 1.74. The van der Waals surface area contributed by atoms with Crippen LogP contribution in [-0.4, -0.2) is 10.9 Å². The highest BCUT2D eigenvalue weighted by atomic mass is 16.4. The molecule has 0 aromatic carbocycles. The number of nitrogens with zero attached hydrogens (tertiary/aromatic N) is 1. The lowest BCUT2D eigenvalue weighted by molar-refractivity contribution is -0.108. The van der Waals surface area contributed by atoms with Gasteiger partial charge in [-0.2, -0.15) is 0 Å². The second-order valence-corrected chi connectivity index (χ2v) is 2.60. The third-order valence-electron chi connectivity index (χ3n) is 1.73. The van der Waals surface area contributed by atoms with Crippen LogP contribution in [0.4, 0.5) is 0 Å². The topological polar surface area (TPSA) is 52.2 Å². The summed E-state index contributed by atoms with van der Waals surface area (Å²) in [6.45, 7) is 5.36. The number of oxazole rings is 1. The Labute approximate surface area is 81.2 Å². The molecule has 0 unspecified atom stereocenters. The van der Waals surface area contributed by atoms with E-state index in [1.807, 2.05) is 6.92 Å². The summed E-state index contributed by atoms with van der Waals surface area (Å²) in [5.74, 6) is -0.116. The lowest BCUT2D eigenvalue weighted by atomic mass is 10.3. The largest absolute Gasteiger partial charge is 0.420 e. The maximum atomic E-state index is 11.2. The molecule has 0 aliphatic carbocycles. The van der Waals surface area contributed by atoms with Gasteiger partial charge in [0.2, 0.25) is 0 Å². The monoisotopic (exact) mass is 193 g/mol. The van der Waals surface area contributed by atoms with Crippen molar-refractivity contribution in [2.75, 3.05) is 0 Å². The average molecular weight is 193 g/mol. The molecule has 0 saturated carbocycles. The molecular weight excluding hydrogens is 182 g/mol. The zero-order valence-electron chi connectivity index (χ0n) is 7.90. The van der Waals surface area contributed by atoms with E-state index in [1.165, 1.54) is 10.6 Å². The molecule has 14 heavy (non-hydrogen) atoms. The van der Waals surface area contributed by atoms with Crippen LogP contribution in [-0.2, 0) is 11.3 Å². The molecule has 74 valence electrons. The van der Waals surface area contributed by atoms with Crippen molar-refractivity contribution in [2.24, 2.45) is 0 Å². The molecule has 4 nitrogen and oxygen atoms in total. The maximum absolute atomic E-state index is 11.2. The minimum Gasteiger partial charge on any atom is -0.408 e. The van der Waals surface area contributed by atoms with Crippen molar-refractivity contribution in [2.45, 2.75) is 13.5 Å². The quantitative estimate of drug-likeness (QED) is 0.677. The summed E-state index contributed by atoms with van der Waals surface area (Å²) < 4.78 is 6.15. The number of hydrogen-bond acceptors (Lipinski definition) is 3. The number of aldehydes is 1. The first-order valence-electron chi connectivity index (χ1n) is 4.17. The standard InChI is InChI=1S/C10H11NO3/c1-3-5-9-8(4-2)11(6-7-12)10(13)14-9/h3-5,7H,2,6H2,1H3/b5-3-.